The van der Waals surface area contributed by atoms with Gasteiger partial charge < -0.3 is 14.2 Å². The zero-order valence-electron chi connectivity index (χ0n) is 19.7. The number of methoxy groups -OCH3 is 2. The van der Waals surface area contributed by atoms with Crippen LogP contribution in [0.5, 0.6) is 11.5 Å². The molecule has 0 N–H and O–H groups in total. The molecule has 3 aromatic rings. The van der Waals surface area contributed by atoms with E-state index >= 15 is 0 Å². The molecule has 1 atom stereocenters. The number of benzene rings is 2. The van der Waals surface area contributed by atoms with Gasteiger partial charge in [-0.25, -0.2) is 9.79 Å². The zero-order chi connectivity index (χ0) is 24.4. The molecule has 0 aliphatic carbocycles. The molecule has 7 nitrogen and oxygen atoms in total. The summed E-state index contributed by atoms with van der Waals surface area (Å²) in [6.07, 6.45) is 1.78. The second kappa shape index (κ2) is 9.69. The summed E-state index contributed by atoms with van der Waals surface area (Å²) in [5, 5.41) is 0. The number of aryl methyl sites for hydroxylation is 1. The molecule has 1 unspecified atom stereocenters. The molecule has 2 aromatic carbocycles. The number of thiazole rings is 1. The Labute approximate surface area is 201 Å². The highest BCUT2D eigenvalue weighted by molar-refractivity contribution is 7.07. The van der Waals surface area contributed by atoms with E-state index in [0.717, 1.165) is 16.7 Å². The van der Waals surface area contributed by atoms with E-state index < -0.39 is 12.0 Å². The van der Waals surface area contributed by atoms with Gasteiger partial charge in [-0.05, 0) is 44.5 Å². The number of esters is 1. The Morgan fingerprint density at radius 1 is 1.12 bits per heavy atom. The third kappa shape index (κ3) is 4.28. The largest absolute Gasteiger partial charge is 0.497 e. The van der Waals surface area contributed by atoms with E-state index in [1.54, 1.807) is 44.8 Å². The monoisotopic (exact) mass is 478 g/mol. The van der Waals surface area contributed by atoms with E-state index in [4.69, 9.17) is 14.2 Å². The summed E-state index contributed by atoms with van der Waals surface area (Å²) >= 11 is 1.27. The summed E-state index contributed by atoms with van der Waals surface area (Å²) in [6, 6.07) is 12.6. The lowest BCUT2D eigenvalue weighted by molar-refractivity contribution is -0.139. The molecule has 1 aromatic heterocycles. The van der Waals surface area contributed by atoms with Crippen molar-refractivity contribution >= 4 is 23.4 Å². The van der Waals surface area contributed by atoms with Crippen molar-refractivity contribution in [3.8, 4) is 11.5 Å². The Hall–Kier alpha value is -3.65. The van der Waals surface area contributed by atoms with E-state index in [1.165, 1.54) is 11.3 Å². The third-order valence-corrected chi connectivity index (χ3v) is 6.62. The van der Waals surface area contributed by atoms with E-state index in [1.807, 2.05) is 43.3 Å². The fraction of sp³-hybridized carbons (Fsp3) is 0.269. The molecule has 0 fully saturated rings. The summed E-state index contributed by atoms with van der Waals surface area (Å²) < 4.78 is 18.2. The average Bonchev–Trinajstić information content (AvgIpc) is 3.13. The number of hydrogen-bond donors (Lipinski definition) is 0. The smallest absolute Gasteiger partial charge is 0.338 e. The highest BCUT2D eigenvalue weighted by Gasteiger charge is 2.33. The van der Waals surface area contributed by atoms with Crippen LogP contribution in [0.3, 0.4) is 0 Å². The molecule has 0 bridgehead atoms. The maximum atomic E-state index is 13.7. The molecule has 34 heavy (non-hydrogen) atoms. The van der Waals surface area contributed by atoms with Crippen LogP contribution in [0.25, 0.3) is 6.08 Å². The van der Waals surface area contributed by atoms with Crippen LogP contribution in [0.4, 0.5) is 0 Å². The summed E-state index contributed by atoms with van der Waals surface area (Å²) in [5.41, 5.74) is 3.31. The van der Waals surface area contributed by atoms with Crippen LogP contribution in [-0.4, -0.2) is 31.4 Å². The molecular weight excluding hydrogens is 452 g/mol. The van der Waals surface area contributed by atoms with Crippen molar-refractivity contribution in [2.45, 2.75) is 26.8 Å². The van der Waals surface area contributed by atoms with Gasteiger partial charge in [-0.3, -0.25) is 9.36 Å². The van der Waals surface area contributed by atoms with Gasteiger partial charge in [-0.15, -0.1) is 0 Å². The topological polar surface area (TPSA) is 79.1 Å². The van der Waals surface area contributed by atoms with Crippen molar-refractivity contribution in [2.24, 2.45) is 4.99 Å². The van der Waals surface area contributed by atoms with Gasteiger partial charge in [0.1, 0.15) is 11.5 Å². The van der Waals surface area contributed by atoms with Crippen molar-refractivity contribution in [2.75, 3.05) is 20.8 Å². The molecule has 1 aliphatic rings. The number of aromatic nitrogens is 1. The van der Waals surface area contributed by atoms with Gasteiger partial charge in [0, 0.05) is 11.6 Å². The molecule has 0 saturated carbocycles. The van der Waals surface area contributed by atoms with Crippen LogP contribution in [0.1, 0.15) is 36.6 Å². The fourth-order valence-corrected chi connectivity index (χ4v) is 4.97. The van der Waals surface area contributed by atoms with Crippen LogP contribution >= 0.6 is 11.3 Å². The molecule has 176 valence electrons. The Kier molecular flexibility index (Phi) is 6.70. The predicted octanol–water partition coefficient (Wildman–Crippen LogP) is 3.12. The highest BCUT2D eigenvalue weighted by Crippen LogP contribution is 2.31. The van der Waals surface area contributed by atoms with Crippen molar-refractivity contribution in [3.63, 3.8) is 0 Å². The number of carbonyl (C=O) groups is 1. The van der Waals surface area contributed by atoms with E-state index in [0.29, 0.717) is 32.1 Å². The van der Waals surface area contributed by atoms with Gasteiger partial charge in [-0.2, -0.15) is 0 Å². The molecular formula is C26H26N2O5S. The molecule has 0 amide bonds. The number of allylic oxidation sites excluding steroid dienone is 1. The molecule has 4 rings (SSSR count). The lowest BCUT2D eigenvalue weighted by Gasteiger charge is -2.24. The number of carbonyl (C=O) groups excluding carboxylic acids is 1. The average molecular weight is 479 g/mol. The molecule has 0 saturated heterocycles. The third-order valence-electron chi connectivity index (χ3n) is 5.64. The van der Waals surface area contributed by atoms with E-state index in [2.05, 4.69) is 4.99 Å². The number of rotatable bonds is 6. The summed E-state index contributed by atoms with van der Waals surface area (Å²) in [4.78, 5) is 31.7. The maximum absolute atomic E-state index is 13.7. The first-order chi connectivity index (χ1) is 16.4. The molecule has 8 heteroatoms. The Balaban J connectivity index is 1.94. The van der Waals surface area contributed by atoms with Crippen LogP contribution < -0.4 is 24.4 Å². The quantitative estimate of drug-likeness (QED) is 0.509. The molecule has 0 spiro atoms. The predicted molar refractivity (Wildman–Crippen MR) is 131 cm³/mol. The van der Waals surface area contributed by atoms with Gasteiger partial charge in [0.05, 0.1) is 42.7 Å². The molecule has 2 heterocycles. The lowest BCUT2D eigenvalue weighted by Crippen LogP contribution is -2.39. The SMILES string of the molecule is CCOC(=O)C1=C(C)N=c2sc(=Cc3ccc(OC)cc3OC)c(=O)n2C1c1ccc(C)cc1. The van der Waals surface area contributed by atoms with Gasteiger partial charge in [-0.1, -0.05) is 41.2 Å². The minimum absolute atomic E-state index is 0.234. The number of fused-ring (bicyclic) bond motifs is 1. The molecule has 0 radical (unpaired) electrons. The number of hydrogen-bond acceptors (Lipinski definition) is 7. The maximum Gasteiger partial charge on any atom is 0.338 e. The van der Waals surface area contributed by atoms with Crippen LogP contribution in [0.2, 0.25) is 0 Å². The minimum atomic E-state index is -0.629. The Bertz CT molecular complexity index is 1450. The first-order valence-electron chi connectivity index (χ1n) is 10.9. The second-order valence-electron chi connectivity index (χ2n) is 7.82. The van der Waals surface area contributed by atoms with Crippen molar-refractivity contribution in [1.82, 2.24) is 4.57 Å². The minimum Gasteiger partial charge on any atom is -0.497 e. The van der Waals surface area contributed by atoms with E-state index in [9.17, 15) is 9.59 Å². The molecule has 1 aliphatic heterocycles. The van der Waals surface area contributed by atoms with Gasteiger partial charge in [0.2, 0.25) is 0 Å². The van der Waals surface area contributed by atoms with Crippen LogP contribution in [0, 0.1) is 6.92 Å². The second-order valence-corrected chi connectivity index (χ2v) is 8.83. The van der Waals surface area contributed by atoms with Crippen molar-refractivity contribution < 1.29 is 19.0 Å². The van der Waals surface area contributed by atoms with Gasteiger partial charge >= 0.3 is 5.97 Å². The lowest BCUT2D eigenvalue weighted by atomic mass is 9.95. The van der Waals surface area contributed by atoms with Gasteiger partial charge in [0.15, 0.2) is 4.80 Å². The normalized spacial score (nSPS) is 15.6. The van der Waals surface area contributed by atoms with Crippen LogP contribution in [-0.2, 0) is 9.53 Å². The number of nitrogens with zero attached hydrogens (tertiary/aromatic N) is 2. The van der Waals surface area contributed by atoms with Crippen LogP contribution in [0.15, 0.2) is 63.5 Å². The highest BCUT2D eigenvalue weighted by atomic mass is 32.1. The van der Waals surface area contributed by atoms with Crippen molar-refractivity contribution in [1.29, 1.82) is 0 Å². The van der Waals surface area contributed by atoms with E-state index in [-0.39, 0.29) is 12.2 Å². The Morgan fingerprint density at radius 2 is 1.85 bits per heavy atom. The first kappa shape index (κ1) is 23.5. The summed E-state index contributed by atoms with van der Waals surface area (Å²) in [7, 11) is 3.15. The standard InChI is InChI=1S/C26H26N2O5S/c1-6-33-25(30)22-16(3)27-26-28(23(22)17-9-7-15(2)8-10-17)24(29)21(34-26)13-18-11-12-19(31-4)14-20(18)32-5/h7-14,23H,6H2,1-5H3. The fourth-order valence-electron chi connectivity index (χ4n) is 3.93. The first-order valence-corrected chi connectivity index (χ1v) is 11.7. The van der Waals surface area contributed by atoms with Crippen molar-refractivity contribution in [3.05, 3.63) is 90.1 Å². The zero-order valence-corrected chi connectivity index (χ0v) is 20.6. The summed E-state index contributed by atoms with van der Waals surface area (Å²) in [6.45, 7) is 5.76. The summed E-state index contributed by atoms with van der Waals surface area (Å²) in [5.74, 6) is 0.772. The Morgan fingerprint density at radius 3 is 2.50 bits per heavy atom. The van der Waals surface area contributed by atoms with Gasteiger partial charge in [0.25, 0.3) is 5.56 Å². The number of ether oxygens (including phenoxy) is 3.